The highest BCUT2D eigenvalue weighted by molar-refractivity contribution is 5.85. The Hall–Kier alpha value is -1.73. The van der Waals surface area contributed by atoms with Gasteiger partial charge in [0.25, 0.3) is 5.91 Å². The average molecular weight is 477 g/mol. The Morgan fingerprint density at radius 3 is 1.90 bits per heavy atom. The van der Waals surface area contributed by atoms with E-state index in [1.807, 2.05) is 6.92 Å². The lowest BCUT2D eigenvalue weighted by molar-refractivity contribution is -0.389. The van der Waals surface area contributed by atoms with E-state index in [4.69, 9.17) is 0 Å². The molecule has 0 aliphatic heterocycles. The van der Waals surface area contributed by atoms with Gasteiger partial charge in [0.15, 0.2) is 0 Å². The Labute approximate surface area is 172 Å². The molecule has 1 unspecified atom stereocenters. The predicted molar refractivity (Wildman–Crippen MR) is 88.9 cm³/mol. The maximum Gasteiger partial charge on any atom is 0.460 e. The topological polar surface area (TPSA) is 66.8 Å². The number of ether oxygens (including phenoxy) is 1. The van der Waals surface area contributed by atoms with Crippen molar-refractivity contribution in [1.82, 2.24) is 4.90 Å². The molecule has 0 aliphatic carbocycles. The van der Waals surface area contributed by atoms with E-state index in [0.29, 0.717) is 6.42 Å². The number of aliphatic hydroxyl groups is 1. The van der Waals surface area contributed by atoms with Crippen LogP contribution in [-0.4, -0.2) is 71.6 Å². The zero-order chi connectivity index (χ0) is 24.7. The van der Waals surface area contributed by atoms with Crippen LogP contribution in [0.25, 0.3) is 0 Å². The molecule has 31 heavy (non-hydrogen) atoms. The number of rotatable bonds is 13. The normalized spacial score (nSPS) is 14.3. The van der Waals surface area contributed by atoms with Crippen molar-refractivity contribution in [3.8, 4) is 0 Å². The van der Waals surface area contributed by atoms with Gasteiger partial charge in [-0.2, -0.15) is 39.5 Å². The Balaban J connectivity index is 5.11. The van der Waals surface area contributed by atoms with Crippen LogP contribution in [0.4, 0.5) is 39.5 Å². The number of unbranched alkanes of at least 4 members (excludes halogenated alkanes) is 3. The molecule has 14 heteroatoms. The highest BCUT2D eigenvalue weighted by Gasteiger charge is 2.84. The molecule has 0 radical (unpaired) electrons. The first-order valence-corrected chi connectivity index (χ1v) is 9.30. The maximum absolute atomic E-state index is 13.7. The fraction of sp³-hybridized carbons (Fsp3) is 0.882. The minimum absolute atomic E-state index is 0.0278. The van der Waals surface area contributed by atoms with Crippen LogP contribution in [0.1, 0.15) is 46.0 Å². The number of nitrogens with zero attached hydrogens (tertiary/aromatic N) is 1. The number of carbonyl (C=O) groups excluding carboxylic acids is 2. The molecule has 0 bridgehead atoms. The molecule has 184 valence electrons. The zero-order valence-corrected chi connectivity index (χ0v) is 16.8. The first-order chi connectivity index (χ1) is 14.0. The zero-order valence-electron chi connectivity index (χ0n) is 16.8. The van der Waals surface area contributed by atoms with Gasteiger partial charge in [0.1, 0.15) is 12.7 Å². The van der Waals surface area contributed by atoms with Gasteiger partial charge in [-0.3, -0.25) is 9.59 Å². The minimum atomic E-state index is -7.20. The lowest BCUT2D eigenvalue weighted by Crippen LogP contribution is -2.66. The van der Waals surface area contributed by atoms with E-state index in [2.05, 4.69) is 4.74 Å². The van der Waals surface area contributed by atoms with Crippen molar-refractivity contribution < 1.29 is 58.9 Å². The van der Waals surface area contributed by atoms with E-state index in [0.717, 1.165) is 26.2 Å². The van der Waals surface area contributed by atoms with E-state index in [1.54, 1.807) is 0 Å². The van der Waals surface area contributed by atoms with Gasteiger partial charge in [0, 0.05) is 13.0 Å². The van der Waals surface area contributed by atoms with Gasteiger partial charge in [-0.25, -0.2) is 0 Å². The Morgan fingerprint density at radius 1 is 0.903 bits per heavy atom. The lowest BCUT2D eigenvalue weighted by atomic mass is 10.0. The van der Waals surface area contributed by atoms with Gasteiger partial charge in [0.2, 0.25) is 0 Å². The third kappa shape index (κ3) is 7.14. The Kier molecular flexibility index (Phi) is 10.6. The number of esters is 1. The Morgan fingerprint density at radius 2 is 1.45 bits per heavy atom. The molecular formula is C17H24F9NO4. The molecule has 0 fully saturated rings. The van der Waals surface area contributed by atoms with E-state index < -0.39 is 61.6 Å². The standard InChI is InChI=1S/C17H24F9NO4/c1-3-5-6-7-8-12(29)31-10-11(28)9-27(4-2)13(30)14(18,19)15(20,21)16(22,23)17(24,25)26/h11,28H,3-10H2,1-2H3. The van der Waals surface area contributed by atoms with Crippen LogP contribution in [0.15, 0.2) is 0 Å². The first-order valence-electron chi connectivity index (χ1n) is 9.30. The van der Waals surface area contributed by atoms with Crippen molar-refractivity contribution in [2.24, 2.45) is 0 Å². The number of amides is 1. The number of aliphatic hydroxyl groups excluding tert-OH is 1. The van der Waals surface area contributed by atoms with E-state index >= 15 is 0 Å². The number of likely N-dealkylation sites (N-methyl/N-ethyl adjacent to an activating group) is 1. The van der Waals surface area contributed by atoms with Crippen molar-refractivity contribution in [1.29, 1.82) is 0 Å². The maximum atomic E-state index is 13.7. The highest BCUT2D eigenvalue weighted by atomic mass is 19.4. The second-order valence-electron chi connectivity index (χ2n) is 6.71. The van der Waals surface area contributed by atoms with Crippen LogP contribution < -0.4 is 0 Å². The van der Waals surface area contributed by atoms with E-state index in [1.165, 1.54) is 0 Å². The van der Waals surface area contributed by atoms with Crippen LogP contribution in [-0.2, 0) is 14.3 Å². The molecular weight excluding hydrogens is 453 g/mol. The third-order valence-corrected chi connectivity index (χ3v) is 4.18. The molecule has 0 saturated carbocycles. The summed E-state index contributed by atoms with van der Waals surface area (Å²) in [5.74, 6) is -24.6. The summed E-state index contributed by atoms with van der Waals surface area (Å²) in [6.45, 7) is 0.00246. The van der Waals surface area contributed by atoms with Gasteiger partial charge in [-0.15, -0.1) is 0 Å². The summed E-state index contributed by atoms with van der Waals surface area (Å²) in [5, 5.41) is 9.68. The summed E-state index contributed by atoms with van der Waals surface area (Å²) in [6.07, 6.45) is -6.02. The van der Waals surface area contributed by atoms with Crippen molar-refractivity contribution >= 4 is 11.9 Å². The second-order valence-corrected chi connectivity index (χ2v) is 6.71. The quantitative estimate of drug-likeness (QED) is 0.246. The number of halogens is 9. The predicted octanol–water partition coefficient (Wildman–Crippen LogP) is 4.18. The van der Waals surface area contributed by atoms with Gasteiger partial charge >= 0.3 is 29.9 Å². The van der Waals surface area contributed by atoms with Gasteiger partial charge in [-0.1, -0.05) is 26.2 Å². The molecule has 1 N–H and O–H groups in total. The molecule has 0 aromatic rings. The number of hydrogen-bond donors (Lipinski definition) is 1. The van der Waals surface area contributed by atoms with Crippen LogP contribution in [0.5, 0.6) is 0 Å². The lowest BCUT2D eigenvalue weighted by Gasteiger charge is -2.35. The van der Waals surface area contributed by atoms with Gasteiger partial charge in [0.05, 0.1) is 6.54 Å². The van der Waals surface area contributed by atoms with E-state index in [-0.39, 0.29) is 11.3 Å². The minimum Gasteiger partial charge on any atom is -0.463 e. The van der Waals surface area contributed by atoms with Gasteiger partial charge in [-0.05, 0) is 13.3 Å². The first kappa shape index (κ1) is 29.3. The van der Waals surface area contributed by atoms with Crippen LogP contribution in [0, 0.1) is 0 Å². The summed E-state index contributed by atoms with van der Waals surface area (Å²) in [4.78, 5) is 22.9. The molecule has 0 rings (SSSR count). The van der Waals surface area contributed by atoms with Crippen molar-refractivity contribution in [3.05, 3.63) is 0 Å². The largest absolute Gasteiger partial charge is 0.463 e. The average Bonchev–Trinajstić information content (AvgIpc) is 2.66. The fourth-order valence-electron chi connectivity index (χ4n) is 2.33. The SMILES string of the molecule is CCCCCCC(=O)OCC(O)CN(CC)C(=O)C(F)(F)C(F)(F)C(F)(F)C(F)(F)F. The van der Waals surface area contributed by atoms with Crippen LogP contribution in [0.3, 0.4) is 0 Å². The fourth-order valence-corrected chi connectivity index (χ4v) is 2.33. The molecule has 0 aliphatic rings. The molecule has 1 amide bonds. The smallest absolute Gasteiger partial charge is 0.460 e. The summed E-state index contributed by atoms with van der Waals surface area (Å²) in [7, 11) is 0. The van der Waals surface area contributed by atoms with Crippen LogP contribution in [0.2, 0.25) is 0 Å². The van der Waals surface area contributed by atoms with Crippen molar-refractivity contribution in [2.45, 2.75) is 76.0 Å². The molecule has 5 nitrogen and oxygen atoms in total. The summed E-state index contributed by atoms with van der Waals surface area (Å²) in [6, 6.07) is 0. The Bertz CT molecular complexity index is 597. The summed E-state index contributed by atoms with van der Waals surface area (Å²) < 4.78 is 121. The molecule has 0 saturated heterocycles. The monoisotopic (exact) mass is 477 g/mol. The van der Waals surface area contributed by atoms with Crippen LogP contribution >= 0.6 is 0 Å². The number of hydrogen-bond acceptors (Lipinski definition) is 4. The molecule has 1 atom stereocenters. The molecule has 0 heterocycles. The van der Waals surface area contributed by atoms with Gasteiger partial charge < -0.3 is 14.7 Å². The van der Waals surface area contributed by atoms with Crippen molar-refractivity contribution in [2.75, 3.05) is 19.7 Å². The highest BCUT2D eigenvalue weighted by Crippen LogP contribution is 2.53. The van der Waals surface area contributed by atoms with E-state index in [9.17, 15) is 54.2 Å². The van der Waals surface area contributed by atoms with Crippen molar-refractivity contribution in [3.63, 3.8) is 0 Å². The summed E-state index contributed by atoms with van der Waals surface area (Å²) >= 11 is 0. The number of carbonyl (C=O) groups is 2. The summed E-state index contributed by atoms with van der Waals surface area (Å²) in [5.41, 5.74) is 0. The number of alkyl halides is 9. The molecule has 0 spiro atoms. The third-order valence-electron chi connectivity index (χ3n) is 4.18. The molecule has 0 aromatic carbocycles. The molecule has 0 aromatic heterocycles. The second kappa shape index (κ2) is 11.2.